The summed E-state index contributed by atoms with van der Waals surface area (Å²) in [4.78, 5) is 0. The smallest absolute Gasteiger partial charge is 0.0587 e. The predicted molar refractivity (Wildman–Crippen MR) is 68.2 cm³/mol. The molecule has 0 aromatic heterocycles. The van der Waals surface area contributed by atoms with E-state index >= 15 is 0 Å². The summed E-state index contributed by atoms with van der Waals surface area (Å²) in [7, 11) is 0. The van der Waals surface area contributed by atoms with Crippen LogP contribution in [0.15, 0.2) is 42.4 Å². The summed E-state index contributed by atoms with van der Waals surface area (Å²) >= 11 is 0. The van der Waals surface area contributed by atoms with Crippen LogP contribution in [0.4, 0.5) is 0 Å². The van der Waals surface area contributed by atoms with Crippen LogP contribution in [0.1, 0.15) is 22.4 Å². The minimum Gasteiger partial charge on any atom is -0.0587 e. The molecule has 0 aliphatic carbocycles. The van der Waals surface area contributed by atoms with E-state index in [1.807, 2.05) is 19.1 Å². The van der Waals surface area contributed by atoms with Gasteiger partial charge in [0.05, 0.1) is 2.74 Å². The van der Waals surface area contributed by atoms with Crippen molar-refractivity contribution in [1.29, 1.82) is 0 Å². The van der Waals surface area contributed by atoms with Crippen LogP contribution < -0.4 is 0 Å². The molecule has 78 valence electrons. The molecule has 0 fully saturated rings. The van der Waals surface area contributed by atoms with Crippen molar-refractivity contribution in [1.82, 2.24) is 0 Å². The quantitative estimate of drug-likeness (QED) is 0.637. The molecule has 0 aliphatic rings. The van der Waals surface area contributed by atoms with Crippen LogP contribution in [-0.2, 0) is 0 Å². The first-order valence-corrected chi connectivity index (χ1v) is 5.14. The summed E-state index contributed by atoms with van der Waals surface area (Å²) < 4.78 is 25.7. The van der Waals surface area contributed by atoms with Gasteiger partial charge in [0.2, 0.25) is 0 Å². The van der Waals surface area contributed by atoms with Crippen molar-refractivity contribution in [3.63, 3.8) is 0 Å². The fraction of sp³-hybridized carbons (Fsp3) is 0.200. The number of hydrogen-bond acceptors (Lipinski definition) is 0. The standard InChI is InChI=1S/C15H16.H2/c1-11-4-7-14(8-5-11)15-9-6-12(2)10-13(15)3;/h4-10H,1-3H3;1H/i4D,5D;1+1D. The van der Waals surface area contributed by atoms with E-state index in [1.54, 1.807) is 0 Å². The van der Waals surface area contributed by atoms with Gasteiger partial charge < -0.3 is 0 Å². The van der Waals surface area contributed by atoms with Gasteiger partial charge >= 0.3 is 0 Å². The molecule has 0 radical (unpaired) electrons. The first kappa shape index (κ1) is 6.84. The Hall–Kier alpha value is -1.56. The first-order valence-electron chi connectivity index (χ1n) is 7.14. The molecular formula is C15H18. The van der Waals surface area contributed by atoms with Gasteiger partial charge in [-0.1, -0.05) is 53.5 Å². The minimum absolute atomic E-state index is 0.437. The molecule has 2 rings (SSSR count). The largest absolute Gasteiger partial charge is 0.0626 e. The second-order valence-corrected chi connectivity index (χ2v) is 3.98. The summed E-state index contributed by atoms with van der Waals surface area (Å²) in [5.41, 5.74) is 5.22. The monoisotopic (exact) mass is 202 g/mol. The van der Waals surface area contributed by atoms with E-state index in [2.05, 4.69) is 32.0 Å². The SMILES string of the molecule is [2H][2H].[2H]c1cc(-c2ccc(C)cc2C)cc([2H])c1C. The Morgan fingerprint density at radius 3 is 2.27 bits per heavy atom. The van der Waals surface area contributed by atoms with Gasteiger partial charge in [0.25, 0.3) is 0 Å². The summed E-state index contributed by atoms with van der Waals surface area (Å²) in [6.45, 7) is 5.95. The van der Waals surface area contributed by atoms with Crippen molar-refractivity contribution in [2.75, 3.05) is 0 Å². The third-order valence-electron chi connectivity index (χ3n) is 2.58. The van der Waals surface area contributed by atoms with Gasteiger partial charge in [0.1, 0.15) is 0 Å². The van der Waals surface area contributed by atoms with Gasteiger partial charge in [-0.2, -0.15) is 0 Å². The summed E-state index contributed by atoms with van der Waals surface area (Å²) in [5.74, 6) is 0. The Morgan fingerprint density at radius 1 is 1.00 bits per heavy atom. The fourth-order valence-electron chi connectivity index (χ4n) is 1.75. The van der Waals surface area contributed by atoms with E-state index in [1.165, 1.54) is 11.1 Å². The molecule has 0 unspecified atom stereocenters. The molecular weight excluding hydrogens is 180 g/mol. The first-order chi connectivity index (χ1) is 8.99. The Kier molecular flexibility index (Phi) is 1.78. The molecule has 2 aromatic rings. The minimum atomic E-state index is 0.437. The van der Waals surface area contributed by atoms with Crippen molar-refractivity contribution in [3.05, 3.63) is 59.1 Å². The van der Waals surface area contributed by atoms with E-state index in [0.29, 0.717) is 12.1 Å². The van der Waals surface area contributed by atoms with Gasteiger partial charge in [-0.15, -0.1) is 0 Å². The lowest BCUT2D eigenvalue weighted by atomic mass is 9.98. The highest BCUT2D eigenvalue weighted by Crippen LogP contribution is 2.24. The maximum absolute atomic E-state index is 7.84. The van der Waals surface area contributed by atoms with Crippen LogP contribution in [0.2, 0.25) is 0 Å². The molecule has 0 atom stereocenters. The summed E-state index contributed by atoms with van der Waals surface area (Å²) in [6, 6.07) is 10.8. The van der Waals surface area contributed by atoms with Gasteiger partial charge in [0, 0.05) is 2.97 Å². The normalized spacial score (nSPS) is 12.7. The number of benzene rings is 2. The van der Waals surface area contributed by atoms with E-state index < -0.39 is 0 Å². The highest BCUT2D eigenvalue weighted by molar-refractivity contribution is 5.67. The van der Waals surface area contributed by atoms with Crippen LogP contribution in [0.5, 0.6) is 0 Å². The van der Waals surface area contributed by atoms with Crippen molar-refractivity contribution in [2.24, 2.45) is 0 Å². The van der Waals surface area contributed by atoms with Crippen LogP contribution in [-0.4, -0.2) is 0 Å². The molecule has 0 heteroatoms. The topological polar surface area (TPSA) is 0 Å². The Bertz CT molecular complexity index is 553. The van der Waals surface area contributed by atoms with Crippen molar-refractivity contribution in [2.45, 2.75) is 20.8 Å². The molecule has 2 aromatic carbocycles. The lowest BCUT2D eigenvalue weighted by Crippen LogP contribution is -1.84. The summed E-state index contributed by atoms with van der Waals surface area (Å²) in [5, 5.41) is 0. The van der Waals surface area contributed by atoms with Crippen LogP contribution >= 0.6 is 0 Å². The van der Waals surface area contributed by atoms with Crippen molar-refractivity contribution >= 4 is 0 Å². The molecule has 0 saturated carbocycles. The Labute approximate surface area is 97.5 Å². The zero-order valence-electron chi connectivity index (χ0n) is 13.4. The molecule has 0 spiro atoms. The third kappa shape index (κ3) is 2.10. The summed E-state index contributed by atoms with van der Waals surface area (Å²) in [6.07, 6.45) is 0. The lowest BCUT2D eigenvalue weighted by Gasteiger charge is -2.07. The zero-order chi connectivity index (χ0) is 14.6. The fourth-order valence-corrected chi connectivity index (χ4v) is 1.75. The number of aryl methyl sites for hydroxylation is 2. The zero-order valence-corrected chi connectivity index (χ0v) is 9.39. The maximum Gasteiger partial charge on any atom is 0.0626 e. The molecule has 0 aliphatic heterocycles. The number of rotatable bonds is 1. The van der Waals surface area contributed by atoms with E-state index in [4.69, 9.17) is 5.71 Å². The van der Waals surface area contributed by atoms with Gasteiger partial charge in [-0.25, -0.2) is 0 Å². The van der Waals surface area contributed by atoms with E-state index in [-0.39, 0.29) is 0 Å². The Balaban J connectivity index is 0.000000861. The highest BCUT2D eigenvalue weighted by Gasteiger charge is 2.00. The molecule has 0 bridgehead atoms. The molecule has 0 nitrogen and oxygen atoms in total. The third-order valence-corrected chi connectivity index (χ3v) is 2.58. The van der Waals surface area contributed by atoms with Crippen LogP contribution in [0.3, 0.4) is 0 Å². The van der Waals surface area contributed by atoms with Gasteiger partial charge in [-0.3, -0.25) is 0 Å². The average molecular weight is 202 g/mol. The number of hydrogen-bond donors (Lipinski definition) is 0. The lowest BCUT2D eigenvalue weighted by molar-refractivity contribution is 1.38. The van der Waals surface area contributed by atoms with Gasteiger partial charge in [-0.05, 0) is 37.5 Å². The van der Waals surface area contributed by atoms with E-state index in [0.717, 1.165) is 16.7 Å². The molecule has 0 saturated heterocycles. The highest BCUT2D eigenvalue weighted by atomic mass is 14.1. The molecule has 0 N–H and O–H groups in total. The second-order valence-electron chi connectivity index (χ2n) is 3.98. The molecule has 15 heavy (non-hydrogen) atoms. The Morgan fingerprint density at radius 2 is 1.67 bits per heavy atom. The predicted octanol–water partition coefficient (Wildman–Crippen LogP) is 4.52. The molecule has 0 amide bonds. The van der Waals surface area contributed by atoms with Crippen molar-refractivity contribution < 1.29 is 5.71 Å². The maximum atomic E-state index is 7.84. The van der Waals surface area contributed by atoms with Crippen molar-refractivity contribution in [3.8, 4) is 11.1 Å². The van der Waals surface area contributed by atoms with Crippen LogP contribution in [0.25, 0.3) is 11.1 Å². The van der Waals surface area contributed by atoms with E-state index in [9.17, 15) is 0 Å². The average Bonchev–Trinajstić information content (AvgIpc) is 2.38. The van der Waals surface area contributed by atoms with Gasteiger partial charge in [0.15, 0.2) is 0 Å². The van der Waals surface area contributed by atoms with Crippen LogP contribution in [0, 0.1) is 20.8 Å². The molecule has 0 heterocycles. The second kappa shape index (κ2) is 3.90.